The van der Waals surface area contributed by atoms with Gasteiger partial charge in [-0.25, -0.2) is 9.97 Å². The van der Waals surface area contributed by atoms with E-state index in [9.17, 15) is 0 Å². The summed E-state index contributed by atoms with van der Waals surface area (Å²) >= 11 is 0. The van der Waals surface area contributed by atoms with Crippen molar-refractivity contribution in [3.8, 4) is 0 Å². The molecule has 0 fully saturated rings. The Hall–Kier alpha value is -1.77. The third-order valence-corrected chi connectivity index (χ3v) is 2.66. The van der Waals surface area contributed by atoms with Crippen LogP contribution in [0.3, 0.4) is 0 Å². The molecular formula is C14H19IN6. The maximum absolute atomic E-state index is 4.33. The summed E-state index contributed by atoms with van der Waals surface area (Å²) in [4.78, 5) is 16.8. The van der Waals surface area contributed by atoms with Crippen molar-refractivity contribution in [3.63, 3.8) is 0 Å². The minimum Gasteiger partial charge on any atom is -0.351 e. The maximum atomic E-state index is 4.33. The predicted octanol–water partition coefficient (Wildman–Crippen LogP) is 1.66. The Morgan fingerprint density at radius 2 is 1.81 bits per heavy atom. The molecule has 21 heavy (non-hydrogen) atoms. The van der Waals surface area contributed by atoms with Gasteiger partial charge < -0.3 is 10.6 Å². The molecule has 0 bridgehead atoms. The van der Waals surface area contributed by atoms with Crippen LogP contribution >= 0.6 is 24.0 Å². The Morgan fingerprint density at radius 1 is 1.05 bits per heavy atom. The van der Waals surface area contributed by atoms with E-state index < -0.39 is 0 Å². The van der Waals surface area contributed by atoms with Gasteiger partial charge in [-0.15, -0.1) is 24.0 Å². The first kappa shape index (κ1) is 17.3. The van der Waals surface area contributed by atoms with Crippen LogP contribution in [0.2, 0.25) is 0 Å². The third-order valence-electron chi connectivity index (χ3n) is 2.66. The zero-order chi connectivity index (χ0) is 14.2. The Kier molecular flexibility index (Phi) is 7.59. The topological polar surface area (TPSA) is 75.1 Å². The Balaban J connectivity index is 0.00000220. The van der Waals surface area contributed by atoms with E-state index in [1.807, 2.05) is 31.2 Å². The van der Waals surface area contributed by atoms with E-state index >= 15 is 0 Å². The lowest BCUT2D eigenvalue weighted by Gasteiger charge is -2.11. The van der Waals surface area contributed by atoms with E-state index in [4.69, 9.17) is 0 Å². The average molecular weight is 398 g/mol. The highest BCUT2D eigenvalue weighted by Crippen LogP contribution is 1.95. The average Bonchev–Trinajstić information content (AvgIpc) is 2.48. The van der Waals surface area contributed by atoms with Crippen LogP contribution < -0.4 is 10.6 Å². The standard InChI is InChI=1S/C14H18N6.HI/c1-11-16-8-6-13(20-11)10-19-14(15-2)18-9-12-5-3-4-7-17-12;/h3-8H,9-10H2,1-2H3,(H2,15,18,19);1H. The summed E-state index contributed by atoms with van der Waals surface area (Å²) < 4.78 is 0. The number of guanidine groups is 1. The van der Waals surface area contributed by atoms with Gasteiger partial charge in [0.15, 0.2) is 5.96 Å². The molecule has 0 aromatic carbocycles. The summed E-state index contributed by atoms with van der Waals surface area (Å²) in [7, 11) is 1.74. The Bertz CT molecular complexity index is 573. The quantitative estimate of drug-likeness (QED) is 0.466. The molecule has 2 heterocycles. The number of nitrogens with zero attached hydrogens (tertiary/aromatic N) is 4. The van der Waals surface area contributed by atoms with Crippen molar-refractivity contribution in [2.75, 3.05) is 7.05 Å². The van der Waals surface area contributed by atoms with Crippen LogP contribution in [-0.2, 0) is 13.1 Å². The molecule has 2 N–H and O–H groups in total. The summed E-state index contributed by atoms with van der Waals surface area (Å²) in [5, 5.41) is 6.41. The summed E-state index contributed by atoms with van der Waals surface area (Å²) in [6.07, 6.45) is 3.53. The number of halogens is 1. The molecule has 0 spiro atoms. The zero-order valence-corrected chi connectivity index (χ0v) is 14.4. The summed E-state index contributed by atoms with van der Waals surface area (Å²) in [5.74, 6) is 1.48. The van der Waals surface area contributed by atoms with E-state index in [1.165, 1.54) is 0 Å². The van der Waals surface area contributed by atoms with E-state index in [1.54, 1.807) is 19.4 Å². The second-order valence-electron chi connectivity index (χ2n) is 4.20. The van der Waals surface area contributed by atoms with E-state index in [0.29, 0.717) is 19.0 Å². The van der Waals surface area contributed by atoms with Gasteiger partial charge in [0.1, 0.15) is 5.82 Å². The van der Waals surface area contributed by atoms with Crippen LogP contribution in [0.4, 0.5) is 0 Å². The zero-order valence-electron chi connectivity index (χ0n) is 12.1. The second kappa shape index (κ2) is 9.22. The summed E-state index contributed by atoms with van der Waals surface area (Å²) in [6, 6.07) is 7.71. The van der Waals surface area contributed by atoms with Gasteiger partial charge in [-0.3, -0.25) is 9.98 Å². The molecule has 0 unspecified atom stereocenters. The summed E-state index contributed by atoms with van der Waals surface area (Å²) in [5.41, 5.74) is 1.90. The van der Waals surface area contributed by atoms with E-state index in [-0.39, 0.29) is 24.0 Å². The van der Waals surface area contributed by atoms with Crippen LogP contribution in [-0.4, -0.2) is 28.0 Å². The number of rotatable bonds is 4. The maximum Gasteiger partial charge on any atom is 0.191 e. The highest BCUT2D eigenvalue weighted by Gasteiger charge is 2.00. The number of hydrogen-bond donors (Lipinski definition) is 2. The van der Waals surface area contributed by atoms with Crippen LogP contribution in [0.1, 0.15) is 17.2 Å². The normalized spacial score (nSPS) is 10.7. The molecule has 2 rings (SSSR count). The fourth-order valence-electron chi connectivity index (χ4n) is 1.68. The molecule has 0 radical (unpaired) electrons. The largest absolute Gasteiger partial charge is 0.351 e. The molecule has 0 saturated heterocycles. The SMILES string of the molecule is CN=C(NCc1ccccn1)NCc1ccnc(C)n1.I. The van der Waals surface area contributed by atoms with Crippen molar-refractivity contribution in [1.29, 1.82) is 0 Å². The molecule has 0 atom stereocenters. The number of hydrogen-bond acceptors (Lipinski definition) is 4. The van der Waals surface area contributed by atoms with E-state index in [2.05, 4.69) is 30.6 Å². The monoisotopic (exact) mass is 398 g/mol. The minimum atomic E-state index is 0. The van der Waals surface area contributed by atoms with Crippen molar-refractivity contribution in [1.82, 2.24) is 25.6 Å². The molecule has 0 aliphatic carbocycles. The van der Waals surface area contributed by atoms with Crippen LogP contribution in [0.15, 0.2) is 41.7 Å². The Morgan fingerprint density at radius 3 is 2.43 bits per heavy atom. The second-order valence-corrected chi connectivity index (χ2v) is 4.20. The van der Waals surface area contributed by atoms with Gasteiger partial charge in [0, 0.05) is 19.4 Å². The fraction of sp³-hybridized carbons (Fsp3) is 0.286. The smallest absolute Gasteiger partial charge is 0.191 e. The number of aromatic nitrogens is 3. The molecule has 6 nitrogen and oxygen atoms in total. The lowest BCUT2D eigenvalue weighted by Crippen LogP contribution is -2.36. The van der Waals surface area contributed by atoms with Crippen molar-refractivity contribution < 1.29 is 0 Å². The van der Waals surface area contributed by atoms with Gasteiger partial charge in [0.05, 0.1) is 24.5 Å². The summed E-state index contributed by atoms with van der Waals surface area (Å²) in [6.45, 7) is 3.10. The molecule has 0 amide bonds. The molecule has 0 saturated carbocycles. The fourth-order valence-corrected chi connectivity index (χ4v) is 1.68. The van der Waals surface area contributed by atoms with Gasteiger partial charge >= 0.3 is 0 Å². The van der Waals surface area contributed by atoms with Crippen LogP contribution in [0.5, 0.6) is 0 Å². The van der Waals surface area contributed by atoms with Gasteiger partial charge in [0.2, 0.25) is 0 Å². The minimum absolute atomic E-state index is 0. The molecule has 7 heteroatoms. The predicted molar refractivity (Wildman–Crippen MR) is 93.5 cm³/mol. The van der Waals surface area contributed by atoms with Gasteiger partial charge in [-0.2, -0.15) is 0 Å². The number of aliphatic imine (C=N–C) groups is 1. The number of pyridine rings is 1. The van der Waals surface area contributed by atoms with Gasteiger partial charge in [-0.05, 0) is 25.1 Å². The van der Waals surface area contributed by atoms with Gasteiger partial charge in [0.25, 0.3) is 0 Å². The third kappa shape index (κ3) is 6.03. The van der Waals surface area contributed by atoms with Crippen LogP contribution in [0.25, 0.3) is 0 Å². The first-order valence-electron chi connectivity index (χ1n) is 6.41. The molecule has 2 aromatic rings. The molecular weight excluding hydrogens is 379 g/mol. The molecule has 0 aliphatic heterocycles. The van der Waals surface area contributed by atoms with Crippen molar-refractivity contribution >= 4 is 29.9 Å². The van der Waals surface area contributed by atoms with E-state index in [0.717, 1.165) is 17.2 Å². The highest BCUT2D eigenvalue weighted by molar-refractivity contribution is 14.0. The van der Waals surface area contributed by atoms with Crippen molar-refractivity contribution in [2.24, 2.45) is 4.99 Å². The van der Waals surface area contributed by atoms with Crippen molar-refractivity contribution in [2.45, 2.75) is 20.0 Å². The lowest BCUT2D eigenvalue weighted by atomic mass is 10.3. The highest BCUT2D eigenvalue weighted by atomic mass is 127. The van der Waals surface area contributed by atoms with Crippen LogP contribution in [0, 0.1) is 6.92 Å². The molecule has 112 valence electrons. The number of nitrogens with one attached hydrogen (secondary N) is 2. The Labute approximate surface area is 141 Å². The first-order valence-corrected chi connectivity index (χ1v) is 6.41. The molecule has 0 aliphatic rings. The lowest BCUT2D eigenvalue weighted by molar-refractivity contribution is 0.776. The first-order chi connectivity index (χ1) is 9.78. The van der Waals surface area contributed by atoms with Crippen molar-refractivity contribution in [3.05, 3.63) is 53.9 Å². The van der Waals surface area contributed by atoms with Gasteiger partial charge in [-0.1, -0.05) is 6.07 Å². The number of aryl methyl sites for hydroxylation is 1. The molecule has 2 aromatic heterocycles.